The molecule has 0 bridgehead atoms. The Kier molecular flexibility index (Phi) is 6.29. The minimum atomic E-state index is -1.41. The van der Waals surface area contributed by atoms with E-state index in [1.165, 1.54) is 5.56 Å². The maximum Gasteiger partial charge on any atom is 0.156 e. The third-order valence-corrected chi connectivity index (χ3v) is 5.42. The summed E-state index contributed by atoms with van der Waals surface area (Å²) in [5.41, 5.74) is -0.322. The van der Waals surface area contributed by atoms with Crippen LogP contribution in [0.4, 0.5) is 0 Å². The van der Waals surface area contributed by atoms with Crippen molar-refractivity contribution >= 4 is 0 Å². The summed E-state index contributed by atoms with van der Waals surface area (Å²) >= 11 is 0. The van der Waals surface area contributed by atoms with Crippen LogP contribution in [0.2, 0.25) is 0 Å². The molecule has 1 aliphatic heterocycles. The quantitative estimate of drug-likeness (QED) is 0.822. The number of nitrogens with zero attached hydrogens (tertiary/aromatic N) is 2. The summed E-state index contributed by atoms with van der Waals surface area (Å²) in [5, 5.41) is 22.0. The summed E-state index contributed by atoms with van der Waals surface area (Å²) in [7, 11) is 1.99. The van der Waals surface area contributed by atoms with Crippen LogP contribution in [-0.4, -0.2) is 64.4 Å². The largest absolute Gasteiger partial charge is 0.385 e. The van der Waals surface area contributed by atoms with Crippen LogP contribution < -0.4 is 0 Å². The first kappa shape index (κ1) is 19.9. The van der Waals surface area contributed by atoms with E-state index in [-0.39, 0.29) is 6.04 Å². The highest BCUT2D eigenvalue weighted by molar-refractivity contribution is 5.30. The molecule has 1 saturated heterocycles. The topological polar surface area (TPSA) is 46.9 Å². The number of likely N-dealkylation sites (tertiary alicyclic amines) is 1. The van der Waals surface area contributed by atoms with Crippen LogP contribution in [0, 0.1) is 18.8 Å². The average molecular weight is 344 g/mol. The molecule has 0 radical (unpaired) electrons. The molecule has 0 spiro atoms. The zero-order valence-corrected chi connectivity index (χ0v) is 16.2. The second-order valence-electron chi connectivity index (χ2n) is 7.44. The van der Waals surface area contributed by atoms with Gasteiger partial charge in [0, 0.05) is 19.0 Å². The second-order valence-corrected chi connectivity index (χ2v) is 7.44. The lowest BCUT2D eigenvalue weighted by Gasteiger charge is -2.49. The lowest BCUT2D eigenvalue weighted by Crippen LogP contribution is -2.62. The molecule has 4 nitrogen and oxygen atoms in total. The maximum atomic E-state index is 11.2. The first-order valence-corrected chi connectivity index (χ1v) is 9.16. The van der Waals surface area contributed by atoms with Crippen molar-refractivity contribution in [2.45, 2.75) is 51.4 Å². The Hall–Kier alpha value is -1.38. The molecule has 25 heavy (non-hydrogen) atoms. The van der Waals surface area contributed by atoms with Crippen LogP contribution in [0.25, 0.3) is 0 Å². The van der Waals surface area contributed by atoms with Crippen molar-refractivity contribution in [3.05, 3.63) is 35.4 Å². The standard InChI is InChI=1S/C21H32N2O2/c1-6-23(7-2)14-8-13-21(25)15-19(22(5)16-20(21,4)24)18-11-9-17(3)10-12-18/h9-12,19,24-25H,6-7,14-16H2,1-5H3/t19-,20-,21-/m0/s1. The number of piperidine rings is 1. The van der Waals surface area contributed by atoms with Crippen molar-refractivity contribution in [1.29, 1.82) is 0 Å². The Balaban J connectivity index is 2.25. The number of hydrogen-bond acceptors (Lipinski definition) is 4. The molecule has 0 saturated carbocycles. The van der Waals surface area contributed by atoms with Gasteiger partial charge >= 0.3 is 0 Å². The number of likely N-dealkylation sites (N-methyl/N-ethyl adjacent to an activating group) is 1. The minimum Gasteiger partial charge on any atom is -0.385 e. The Morgan fingerprint density at radius 3 is 2.36 bits per heavy atom. The number of hydrogen-bond donors (Lipinski definition) is 2. The minimum absolute atomic E-state index is 0.0357. The van der Waals surface area contributed by atoms with E-state index in [0.29, 0.717) is 19.5 Å². The molecule has 3 atom stereocenters. The number of benzene rings is 1. The summed E-state index contributed by atoms with van der Waals surface area (Å²) in [6.07, 6.45) is 0.394. The van der Waals surface area contributed by atoms with Gasteiger partial charge in [-0.25, -0.2) is 0 Å². The molecule has 2 N–H and O–H groups in total. The van der Waals surface area contributed by atoms with Gasteiger partial charge < -0.3 is 10.2 Å². The lowest BCUT2D eigenvalue weighted by atomic mass is 9.74. The van der Waals surface area contributed by atoms with Crippen LogP contribution in [0.15, 0.2) is 24.3 Å². The molecule has 138 valence electrons. The molecule has 1 heterocycles. The fourth-order valence-corrected chi connectivity index (χ4v) is 3.47. The SMILES string of the molecule is CCN(CC)CC#C[C@]1(O)C[C@@H](c2ccc(C)cc2)N(C)C[C@]1(C)O. The van der Waals surface area contributed by atoms with E-state index < -0.39 is 11.2 Å². The summed E-state index contributed by atoms with van der Waals surface area (Å²) < 4.78 is 0. The van der Waals surface area contributed by atoms with Gasteiger partial charge in [-0.3, -0.25) is 9.80 Å². The van der Waals surface area contributed by atoms with Gasteiger partial charge in [-0.05, 0) is 39.5 Å². The number of aryl methyl sites for hydroxylation is 1. The second kappa shape index (κ2) is 7.88. The number of aliphatic hydroxyl groups is 2. The van der Waals surface area contributed by atoms with Crippen LogP contribution in [0.3, 0.4) is 0 Å². The molecule has 1 fully saturated rings. The number of β-amino-alcohol motifs (C(OH)–C–C–N with tert-alkyl or cyclic N) is 1. The van der Waals surface area contributed by atoms with Gasteiger partial charge in [0.05, 0.1) is 6.54 Å². The van der Waals surface area contributed by atoms with Crippen molar-refractivity contribution in [2.24, 2.45) is 0 Å². The maximum absolute atomic E-state index is 11.2. The predicted molar refractivity (Wildman–Crippen MR) is 102 cm³/mol. The predicted octanol–water partition coefficient (Wildman–Crippen LogP) is 2.20. The number of rotatable bonds is 4. The summed E-state index contributed by atoms with van der Waals surface area (Å²) in [6, 6.07) is 8.40. The molecule has 0 aromatic heterocycles. The Morgan fingerprint density at radius 1 is 1.20 bits per heavy atom. The third kappa shape index (κ3) is 4.43. The fourth-order valence-electron chi connectivity index (χ4n) is 3.47. The van der Waals surface area contributed by atoms with Gasteiger partial charge in [0.25, 0.3) is 0 Å². The van der Waals surface area contributed by atoms with Gasteiger partial charge in [-0.2, -0.15) is 0 Å². The summed E-state index contributed by atoms with van der Waals surface area (Å²) in [6.45, 7) is 10.8. The van der Waals surface area contributed by atoms with E-state index in [4.69, 9.17) is 0 Å². The molecule has 2 rings (SSSR count). The molecule has 4 heteroatoms. The van der Waals surface area contributed by atoms with E-state index in [0.717, 1.165) is 18.7 Å². The normalized spacial score (nSPS) is 30.2. The van der Waals surface area contributed by atoms with E-state index >= 15 is 0 Å². The fraction of sp³-hybridized carbons (Fsp3) is 0.619. The smallest absolute Gasteiger partial charge is 0.156 e. The van der Waals surface area contributed by atoms with Crippen LogP contribution in [-0.2, 0) is 0 Å². The molecular weight excluding hydrogens is 312 g/mol. The molecule has 1 aromatic rings. The first-order valence-electron chi connectivity index (χ1n) is 9.16. The highest BCUT2D eigenvalue weighted by atomic mass is 16.4. The van der Waals surface area contributed by atoms with Gasteiger partial charge in [-0.15, -0.1) is 0 Å². The summed E-state index contributed by atoms with van der Waals surface area (Å²) in [4.78, 5) is 4.29. The molecule has 1 aromatic carbocycles. The van der Waals surface area contributed by atoms with Crippen LogP contribution >= 0.6 is 0 Å². The van der Waals surface area contributed by atoms with Gasteiger partial charge in [0.15, 0.2) is 5.60 Å². The van der Waals surface area contributed by atoms with E-state index in [1.807, 2.05) is 7.05 Å². The molecule has 0 unspecified atom stereocenters. The van der Waals surface area contributed by atoms with Gasteiger partial charge in [0.1, 0.15) is 5.60 Å². The van der Waals surface area contributed by atoms with Crippen LogP contribution in [0.5, 0.6) is 0 Å². The molecule has 0 aliphatic carbocycles. The van der Waals surface area contributed by atoms with Crippen LogP contribution in [0.1, 0.15) is 44.4 Å². The van der Waals surface area contributed by atoms with Crippen molar-refractivity contribution in [3.63, 3.8) is 0 Å². The Morgan fingerprint density at radius 2 is 1.80 bits per heavy atom. The van der Waals surface area contributed by atoms with Crippen molar-refractivity contribution < 1.29 is 10.2 Å². The molecule has 0 amide bonds. The Labute approximate surface area is 152 Å². The lowest BCUT2D eigenvalue weighted by molar-refractivity contribution is -0.160. The average Bonchev–Trinajstić information content (AvgIpc) is 2.56. The monoisotopic (exact) mass is 344 g/mol. The zero-order valence-electron chi connectivity index (χ0n) is 16.2. The third-order valence-electron chi connectivity index (χ3n) is 5.42. The van der Waals surface area contributed by atoms with Crippen molar-refractivity contribution in [1.82, 2.24) is 9.80 Å². The highest BCUT2D eigenvalue weighted by Crippen LogP contribution is 2.40. The Bertz CT molecular complexity index is 626. The highest BCUT2D eigenvalue weighted by Gasteiger charge is 2.51. The van der Waals surface area contributed by atoms with Gasteiger partial charge in [-0.1, -0.05) is 55.5 Å². The molecule has 1 aliphatic rings. The van der Waals surface area contributed by atoms with E-state index in [9.17, 15) is 10.2 Å². The van der Waals surface area contributed by atoms with Crippen molar-refractivity contribution in [2.75, 3.05) is 33.2 Å². The zero-order chi connectivity index (χ0) is 18.7. The first-order chi connectivity index (χ1) is 11.7. The van der Waals surface area contributed by atoms with E-state index in [2.05, 4.69) is 66.7 Å². The summed E-state index contributed by atoms with van der Waals surface area (Å²) in [5.74, 6) is 6.10. The van der Waals surface area contributed by atoms with E-state index in [1.54, 1.807) is 6.92 Å². The molecular formula is C21H32N2O2. The van der Waals surface area contributed by atoms with Gasteiger partial charge in [0.2, 0.25) is 0 Å². The van der Waals surface area contributed by atoms with Crippen molar-refractivity contribution in [3.8, 4) is 11.8 Å².